The van der Waals surface area contributed by atoms with Crippen molar-refractivity contribution in [2.45, 2.75) is 52.9 Å². The van der Waals surface area contributed by atoms with Gasteiger partial charge in [-0.05, 0) is 50.4 Å². The summed E-state index contributed by atoms with van der Waals surface area (Å²) in [7, 11) is 0. The molecule has 1 fully saturated rings. The SMILES string of the molecule is C/C=C\C1CCC(C(C)CC)CC1. The molecule has 0 heterocycles. The second-order valence-electron chi connectivity index (χ2n) is 4.59. The average Bonchev–Trinajstić information content (AvgIpc) is 2.18. The van der Waals surface area contributed by atoms with Gasteiger partial charge in [-0.25, -0.2) is 0 Å². The van der Waals surface area contributed by atoms with Crippen LogP contribution in [0.1, 0.15) is 52.9 Å². The zero-order valence-corrected chi connectivity index (χ0v) is 9.42. The van der Waals surface area contributed by atoms with Gasteiger partial charge in [-0.3, -0.25) is 0 Å². The lowest BCUT2D eigenvalue weighted by Crippen LogP contribution is -2.18. The van der Waals surface area contributed by atoms with Gasteiger partial charge in [0.1, 0.15) is 0 Å². The summed E-state index contributed by atoms with van der Waals surface area (Å²) >= 11 is 0. The second kappa shape index (κ2) is 5.47. The van der Waals surface area contributed by atoms with Gasteiger partial charge in [-0.15, -0.1) is 0 Å². The number of rotatable bonds is 3. The molecule has 1 rings (SSSR count). The Labute approximate surface area is 83.4 Å². The molecule has 1 aliphatic carbocycles. The molecule has 13 heavy (non-hydrogen) atoms. The van der Waals surface area contributed by atoms with Gasteiger partial charge in [0, 0.05) is 0 Å². The van der Waals surface area contributed by atoms with E-state index >= 15 is 0 Å². The third-order valence-electron chi connectivity index (χ3n) is 3.73. The Balaban J connectivity index is 2.30. The molecule has 0 aliphatic heterocycles. The van der Waals surface area contributed by atoms with E-state index in [0.717, 1.165) is 17.8 Å². The summed E-state index contributed by atoms with van der Waals surface area (Å²) < 4.78 is 0. The van der Waals surface area contributed by atoms with E-state index in [1.807, 2.05) is 0 Å². The summed E-state index contributed by atoms with van der Waals surface area (Å²) in [5.41, 5.74) is 0. The Hall–Kier alpha value is -0.260. The Bertz CT molecular complexity index is 149. The highest BCUT2D eigenvalue weighted by atomic mass is 14.3. The van der Waals surface area contributed by atoms with Crippen LogP contribution in [0.3, 0.4) is 0 Å². The van der Waals surface area contributed by atoms with Crippen molar-refractivity contribution in [3.63, 3.8) is 0 Å². The Morgan fingerprint density at radius 2 is 1.85 bits per heavy atom. The molecule has 0 amide bonds. The molecule has 0 saturated heterocycles. The lowest BCUT2D eigenvalue weighted by molar-refractivity contribution is 0.231. The summed E-state index contributed by atoms with van der Waals surface area (Å²) in [5, 5.41) is 0. The highest BCUT2D eigenvalue weighted by molar-refractivity contribution is 4.89. The summed E-state index contributed by atoms with van der Waals surface area (Å²) in [6.45, 7) is 6.88. The van der Waals surface area contributed by atoms with Crippen LogP contribution >= 0.6 is 0 Å². The van der Waals surface area contributed by atoms with Crippen molar-refractivity contribution in [2.24, 2.45) is 17.8 Å². The van der Waals surface area contributed by atoms with Crippen molar-refractivity contribution in [3.05, 3.63) is 12.2 Å². The van der Waals surface area contributed by atoms with Gasteiger partial charge in [0.25, 0.3) is 0 Å². The van der Waals surface area contributed by atoms with Crippen LogP contribution in [0.2, 0.25) is 0 Å². The first-order valence-electron chi connectivity index (χ1n) is 5.90. The molecule has 1 saturated carbocycles. The maximum absolute atomic E-state index is 2.42. The van der Waals surface area contributed by atoms with Gasteiger partial charge in [-0.2, -0.15) is 0 Å². The summed E-state index contributed by atoms with van der Waals surface area (Å²) in [6, 6.07) is 0. The summed E-state index contributed by atoms with van der Waals surface area (Å²) in [6.07, 6.45) is 11.8. The molecule has 0 spiro atoms. The van der Waals surface area contributed by atoms with E-state index in [1.165, 1.54) is 32.1 Å². The van der Waals surface area contributed by atoms with Crippen molar-refractivity contribution in [3.8, 4) is 0 Å². The zero-order chi connectivity index (χ0) is 9.68. The molecule has 0 N–H and O–H groups in total. The Morgan fingerprint density at radius 3 is 2.31 bits per heavy atom. The maximum atomic E-state index is 2.42. The quantitative estimate of drug-likeness (QED) is 0.564. The van der Waals surface area contributed by atoms with E-state index in [-0.39, 0.29) is 0 Å². The number of allylic oxidation sites excluding steroid dienone is 2. The fourth-order valence-corrected chi connectivity index (χ4v) is 2.51. The Morgan fingerprint density at radius 1 is 1.23 bits per heavy atom. The van der Waals surface area contributed by atoms with Gasteiger partial charge < -0.3 is 0 Å². The van der Waals surface area contributed by atoms with Crippen molar-refractivity contribution in [1.82, 2.24) is 0 Å². The van der Waals surface area contributed by atoms with Crippen LogP contribution in [-0.4, -0.2) is 0 Å². The van der Waals surface area contributed by atoms with Crippen LogP contribution < -0.4 is 0 Å². The van der Waals surface area contributed by atoms with Crippen molar-refractivity contribution < 1.29 is 0 Å². The lowest BCUT2D eigenvalue weighted by atomic mass is 9.75. The average molecular weight is 180 g/mol. The highest BCUT2D eigenvalue weighted by Crippen LogP contribution is 2.34. The molecule has 0 aromatic heterocycles. The van der Waals surface area contributed by atoms with Crippen molar-refractivity contribution in [1.29, 1.82) is 0 Å². The van der Waals surface area contributed by atoms with Crippen molar-refractivity contribution >= 4 is 0 Å². The van der Waals surface area contributed by atoms with Crippen LogP contribution in [0.5, 0.6) is 0 Å². The molecule has 0 heteroatoms. The third-order valence-corrected chi connectivity index (χ3v) is 3.73. The lowest BCUT2D eigenvalue weighted by Gasteiger charge is -2.30. The maximum Gasteiger partial charge on any atom is -0.0233 e. The van der Waals surface area contributed by atoms with E-state index in [1.54, 1.807) is 0 Å². The zero-order valence-electron chi connectivity index (χ0n) is 9.42. The van der Waals surface area contributed by atoms with Crippen LogP contribution in [0.25, 0.3) is 0 Å². The predicted octanol–water partition coefficient (Wildman–Crippen LogP) is 4.42. The van der Waals surface area contributed by atoms with Gasteiger partial charge in [0.2, 0.25) is 0 Å². The smallest absolute Gasteiger partial charge is 0.0233 e. The van der Waals surface area contributed by atoms with Crippen LogP contribution in [-0.2, 0) is 0 Å². The standard InChI is InChI=1S/C13H24/c1-4-6-12-7-9-13(10-8-12)11(3)5-2/h4,6,11-13H,5,7-10H2,1-3H3/b6-4-. The van der Waals surface area contributed by atoms with Gasteiger partial charge in [0.15, 0.2) is 0 Å². The van der Waals surface area contributed by atoms with E-state index in [9.17, 15) is 0 Å². The molecule has 1 unspecified atom stereocenters. The fraction of sp³-hybridized carbons (Fsp3) is 0.846. The monoisotopic (exact) mass is 180 g/mol. The largest absolute Gasteiger partial charge is 0.0914 e. The van der Waals surface area contributed by atoms with Crippen molar-refractivity contribution in [2.75, 3.05) is 0 Å². The van der Waals surface area contributed by atoms with Gasteiger partial charge in [-0.1, -0.05) is 32.4 Å². The Kier molecular flexibility index (Phi) is 4.55. The molecular weight excluding hydrogens is 156 g/mol. The minimum atomic E-state index is 0.894. The minimum Gasteiger partial charge on any atom is -0.0914 e. The molecule has 0 nitrogen and oxygen atoms in total. The number of hydrogen-bond acceptors (Lipinski definition) is 0. The first-order valence-corrected chi connectivity index (χ1v) is 5.90. The minimum absolute atomic E-state index is 0.894. The first-order chi connectivity index (χ1) is 6.27. The second-order valence-corrected chi connectivity index (χ2v) is 4.59. The van der Waals surface area contributed by atoms with Crippen LogP contribution in [0.15, 0.2) is 12.2 Å². The molecule has 1 aliphatic rings. The van der Waals surface area contributed by atoms with Gasteiger partial charge in [0.05, 0.1) is 0 Å². The third kappa shape index (κ3) is 3.17. The van der Waals surface area contributed by atoms with E-state index in [4.69, 9.17) is 0 Å². The van der Waals surface area contributed by atoms with Crippen LogP contribution in [0.4, 0.5) is 0 Å². The summed E-state index contributed by atoms with van der Waals surface area (Å²) in [4.78, 5) is 0. The van der Waals surface area contributed by atoms with Crippen LogP contribution in [0, 0.1) is 17.8 Å². The molecule has 0 aromatic carbocycles. The molecule has 76 valence electrons. The number of hydrogen-bond donors (Lipinski definition) is 0. The molecule has 1 atom stereocenters. The fourth-order valence-electron chi connectivity index (χ4n) is 2.51. The summed E-state index contributed by atoms with van der Waals surface area (Å²) in [5.74, 6) is 2.86. The highest BCUT2D eigenvalue weighted by Gasteiger charge is 2.22. The molecule has 0 radical (unpaired) electrons. The van der Waals surface area contributed by atoms with E-state index < -0.39 is 0 Å². The predicted molar refractivity (Wildman–Crippen MR) is 59.7 cm³/mol. The van der Waals surface area contributed by atoms with E-state index in [2.05, 4.69) is 32.9 Å². The normalized spacial score (nSPS) is 32.2. The molecule has 0 aromatic rings. The van der Waals surface area contributed by atoms with E-state index in [0.29, 0.717) is 0 Å². The topological polar surface area (TPSA) is 0 Å². The molecular formula is C13H24. The first kappa shape index (κ1) is 10.8. The van der Waals surface area contributed by atoms with Gasteiger partial charge >= 0.3 is 0 Å². The molecule has 0 bridgehead atoms.